The Bertz CT molecular complexity index is 1960. The molecular weight excluding hydrogens is 530 g/mol. The Hall–Kier alpha value is -4.58. The maximum Gasteiger partial charge on any atom is 0.0718 e. The first-order valence-electron chi connectivity index (χ1n) is 15.3. The van der Waals surface area contributed by atoms with Crippen LogP contribution in [0.1, 0.15) is 23.1 Å². The summed E-state index contributed by atoms with van der Waals surface area (Å²) in [5.74, 6) is 0. The van der Waals surface area contributed by atoms with Gasteiger partial charge in [-0.15, -0.1) is 0 Å². The largest absolute Gasteiger partial charge is 0.394 e. The molecule has 4 aliphatic heterocycles. The van der Waals surface area contributed by atoms with Crippen LogP contribution in [0.5, 0.6) is 0 Å². The van der Waals surface area contributed by atoms with E-state index in [1.807, 2.05) is 0 Å². The lowest BCUT2D eigenvalue weighted by Gasteiger charge is -2.26. The van der Waals surface area contributed by atoms with Crippen molar-refractivity contribution in [2.75, 3.05) is 18.1 Å². The average molecular weight is 566 g/mol. The molecule has 1 N–H and O–H groups in total. The molecule has 0 amide bonds. The number of hydrogen-bond acceptors (Lipinski definition) is 3. The molecule has 0 radical (unpaired) electrons. The van der Waals surface area contributed by atoms with Crippen LogP contribution < -0.4 is 4.90 Å². The lowest BCUT2D eigenvalue weighted by Crippen LogP contribution is -2.22. The second kappa shape index (κ2) is 10.9. The zero-order valence-electron chi connectivity index (χ0n) is 24.2. The Morgan fingerprint density at radius 3 is 1.67 bits per heavy atom. The van der Waals surface area contributed by atoms with Crippen molar-refractivity contribution in [1.82, 2.24) is 9.13 Å². The molecule has 4 aliphatic rings. The maximum atomic E-state index is 9.08. The molecule has 7 aromatic rings. The fraction of sp³-hybridized carbons (Fsp3) is 0.211. The van der Waals surface area contributed by atoms with Crippen LogP contribution in [0.25, 0.3) is 43.6 Å². The summed E-state index contributed by atoms with van der Waals surface area (Å²) in [6.07, 6.45) is 1.06. The van der Waals surface area contributed by atoms with Gasteiger partial charge >= 0.3 is 0 Å². The molecule has 8 bridgehead atoms. The minimum absolute atomic E-state index is 0.0396. The number of aliphatic hydroxyl groups excluding tert-OH is 1. The molecule has 0 spiro atoms. The van der Waals surface area contributed by atoms with Gasteiger partial charge in [0.05, 0.1) is 19.8 Å². The fourth-order valence-corrected chi connectivity index (χ4v) is 7.00. The normalized spacial score (nSPS) is 14.0. The lowest BCUT2D eigenvalue weighted by atomic mass is 10.1. The van der Waals surface area contributed by atoms with Crippen molar-refractivity contribution >= 4 is 49.3 Å². The van der Waals surface area contributed by atoms with Gasteiger partial charge in [-0.3, -0.25) is 0 Å². The number of nitrogens with zero attached hydrogens (tertiary/aromatic N) is 3. The van der Waals surface area contributed by atoms with Crippen LogP contribution in [0, 0.1) is 0 Å². The fourth-order valence-electron chi connectivity index (χ4n) is 7.00. The van der Waals surface area contributed by atoms with Gasteiger partial charge in [0.2, 0.25) is 0 Å². The number of ether oxygens (including phenoxy) is 1. The van der Waals surface area contributed by atoms with Crippen LogP contribution in [-0.4, -0.2) is 27.5 Å². The van der Waals surface area contributed by atoms with Crippen LogP contribution in [0.3, 0.4) is 0 Å². The van der Waals surface area contributed by atoms with Gasteiger partial charge in [-0.05, 0) is 71.6 Å². The minimum Gasteiger partial charge on any atom is -0.394 e. The predicted octanol–water partition coefficient (Wildman–Crippen LogP) is 8.02. The highest BCUT2D eigenvalue weighted by Gasteiger charge is 2.17. The van der Waals surface area contributed by atoms with Gasteiger partial charge in [-0.1, -0.05) is 60.7 Å². The second-order valence-corrected chi connectivity index (χ2v) is 11.7. The van der Waals surface area contributed by atoms with E-state index >= 15 is 0 Å². The first-order chi connectivity index (χ1) is 21.3. The summed E-state index contributed by atoms with van der Waals surface area (Å²) in [6, 6.07) is 40.4. The summed E-state index contributed by atoms with van der Waals surface area (Å²) < 4.78 is 10.6. The highest BCUT2D eigenvalue weighted by Crippen LogP contribution is 2.34. The second-order valence-electron chi connectivity index (χ2n) is 11.7. The molecule has 5 nitrogen and oxygen atoms in total. The Balaban J connectivity index is 1.28. The highest BCUT2D eigenvalue weighted by atomic mass is 16.5. The molecule has 0 aliphatic carbocycles. The van der Waals surface area contributed by atoms with Crippen LogP contribution in [0.2, 0.25) is 0 Å². The van der Waals surface area contributed by atoms with Gasteiger partial charge in [0.25, 0.3) is 0 Å². The summed E-state index contributed by atoms with van der Waals surface area (Å²) in [7, 11) is 0. The van der Waals surface area contributed by atoms with Gasteiger partial charge in [0.15, 0.2) is 0 Å². The van der Waals surface area contributed by atoms with E-state index < -0.39 is 0 Å². The standard InChI is InChI=1S/C38H35N3O2/c42-20-21-43-26-27-10-14-30(15-11-27)39-24-28-12-16-37-33(22-28)31-6-1-3-8-35(31)40(37)18-5-19-41-36-9-4-2-7-32(36)34-23-29(25-39)13-17-38(34)41/h1-4,6-17,22-23,42H,5,18-21,24-26H2. The van der Waals surface area contributed by atoms with E-state index in [0.717, 1.165) is 38.2 Å². The molecule has 6 heterocycles. The predicted molar refractivity (Wildman–Crippen MR) is 177 cm³/mol. The van der Waals surface area contributed by atoms with Gasteiger partial charge in [0, 0.05) is 75.5 Å². The van der Waals surface area contributed by atoms with Crippen LogP contribution in [0.15, 0.2) is 109 Å². The molecule has 43 heavy (non-hydrogen) atoms. The maximum absolute atomic E-state index is 9.08. The Morgan fingerprint density at radius 2 is 1.12 bits per heavy atom. The van der Waals surface area contributed by atoms with Gasteiger partial charge in [-0.2, -0.15) is 0 Å². The van der Waals surface area contributed by atoms with Crippen LogP contribution in [-0.2, 0) is 37.5 Å². The highest BCUT2D eigenvalue weighted by molar-refractivity contribution is 6.09. The Morgan fingerprint density at radius 1 is 0.581 bits per heavy atom. The van der Waals surface area contributed by atoms with E-state index in [-0.39, 0.29) is 6.61 Å². The van der Waals surface area contributed by atoms with Crippen molar-refractivity contribution in [1.29, 1.82) is 0 Å². The molecular formula is C38H35N3O2. The number of para-hydroxylation sites is 2. The first kappa shape index (κ1) is 26.1. The number of anilines is 1. The molecule has 0 unspecified atom stereocenters. The zero-order valence-corrected chi connectivity index (χ0v) is 24.2. The summed E-state index contributed by atoms with van der Waals surface area (Å²) in [4.78, 5) is 2.48. The number of aryl methyl sites for hydroxylation is 2. The number of benzene rings is 5. The third kappa shape index (κ3) is 4.66. The van der Waals surface area contributed by atoms with Gasteiger partial charge in [-0.25, -0.2) is 0 Å². The van der Waals surface area contributed by atoms with Crippen LogP contribution >= 0.6 is 0 Å². The van der Waals surface area contributed by atoms with Gasteiger partial charge < -0.3 is 23.9 Å². The van der Waals surface area contributed by atoms with Crippen molar-refractivity contribution in [3.8, 4) is 0 Å². The summed E-state index contributed by atoms with van der Waals surface area (Å²) in [6.45, 7) is 4.43. The number of aliphatic hydroxyl groups is 1. The number of hydrogen-bond donors (Lipinski definition) is 1. The quantitative estimate of drug-likeness (QED) is 0.215. The number of fused-ring (bicyclic) bond motifs is 2. The Labute approximate surface area is 251 Å². The van der Waals surface area contributed by atoms with Crippen molar-refractivity contribution in [3.05, 3.63) is 126 Å². The zero-order chi connectivity index (χ0) is 28.8. The van der Waals surface area contributed by atoms with E-state index in [0.29, 0.717) is 13.2 Å². The number of aromatic nitrogens is 2. The SMILES string of the molecule is OCCOCc1ccc(N2Cc3ccc4c(c3)c3ccccc3n4CCCn3c4ccccc4c4cc(ccc43)C2)cc1. The number of rotatable bonds is 5. The summed E-state index contributed by atoms with van der Waals surface area (Å²) in [5.41, 5.74) is 10.1. The van der Waals surface area contributed by atoms with E-state index in [9.17, 15) is 0 Å². The van der Waals surface area contributed by atoms with Crippen molar-refractivity contribution in [2.45, 2.75) is 39.2 Å². The third-order valence-corrected chi connectivity index (χ3v) is 8.99. The van der Waals surface area contributed by atoms with E-state index in [1.165, 1.54) is 60.4 Å². The molecule has 11 rings (SSSR count). The minimum atomic E-state index is 0.0396. The molecule has 5 aromatic carbocycles. The Kier molecular flexibility index (Phi) is 6.62. The van der Waals surface area contributed by atoms with E-state index in [1.54, 1.807) is 0 Å². The van der Waals surface area contributed by atoms with Crippen LogP contribution in [0.4, 0.5) is 5.69 Å². The van der Waals surface area contributed by atoms with E-state index in [2.05, 4.69) is 123 Å². The van der Waals surface area contributed by atoms with Crippen molar-refractivity contribution in [2.24, 2.45) is 0 Å². The molecule has 0 saturated heterocycles. The summed E-state index contributed by atoms with van der Waals surface area (Å²) >= 11 is 0. The average Bonchev–Trinajstić information content (AvgIpc) is 3.53. The van der Waals surface area contributed by atoms with E-state index in [4.69, 9.17) is 9.84 Å². The molecule has 0 saturated carbocycles. The third-order valence-electron chi connectivity index (χ3n) is 8.99. The molecule has 2 aromatic heterocycles. The van der Waals surface area contributed by atoms with Crippen molar-refractivity contribution in [3.63, 3.8) is 0 Å². The van der Waals surface area contributed by atoms with Crippen molar-refractivity contribution < 1.29 is 9.84 Å². The smallest absolute Gasteiger partial charge is 0.0718 e. The monoisotopic (exact) mass is 565 g/mol. The topological polar surface area (TPSA) is 42.6 Å². The summed E-state index contributed by atoms with van der Waals surface area (Å²) in [5, 5.41) is 14.4. The van der Waals surface area contributed by atoms with Gasteiger partial charge in [0.1, 0.15) is 0 Å². The molecule has 0 atom stereocenters. The molecule has 214 valence electrons. The lowest BCUT2D eigenvalue weighted by molar-refractivity contribution is 0.0815. The first-order valence-corrected chi connectivity index (χ1v) is 15.3. The molecule has 5 heteroatoms. The molecule has 0 fully saturated rings.